The van der Waals surface area contributed by atoms with Crippen LogP contribution in [0.25, 0.3) is 0 Å². The summed E-state index contributed by atoms with van der Waals surface area (Å²) in [6.45, 7) is 1.48. The molecule has 0 spiro atoms. The minimum absolute atomic E-state index is 0.187. The quantitative estimate of drug-likeness (QED) is 0.743. The Kier molecular flexibility index (Phi) is 5.01. The summed E-state index contributed by atoms with van der Waals surface area (Å²) >= 11 is 0. The highest BCUT2D eigenvalue weighted by atomic mass is 19.1. The monoisotopic (exact) mass is 283 g/mol. The fourth-order valence-electron chi connectivity index (χ4n) is 1.56. The predicted octanol–water partition coefficient (Wildman–Crippen LogP) is 0.863. The Hall–Kier alpha value is -2.64. The van der Waals surface area contributed by atoms with Crippen LogP contribution < -0.4 is 11.1 Å². The van der Waals surface area contributed by atoms with Crippen LogP contribution in [-0.4, -0.2) is 41.0 Å². The lowest BCUT2D eigenvalue weighted by atomic mass is 10.1. The molecule has 4 N–H and O–H groups in total. The summed E-state index contributed by atoms with van der Waals surface area (Å²) in [7, 11) is 0. The molecule has 3 amide bonds. The van der Waals surface area contributed by atoms with Crippen molar-refractivity contribution in [2.75, 3.05) is 18.4 Å². The van der Waals surface area contributed by atoms with Crippen molar-refractivity contribution in [3.8, 4) is 0 Å². The smallest absolute Gasteiger partial charge is 0.340 e. The van der Waals surface area contributed by atoms with Gasteiger partial charge in [-0.05, 0) is 19.1 Å². The molecule has 0 radical (unpaired) electrons. The fourth-order valence-corrected chi connectivity index (χ4v) is 1.56. The Bertz CT molecular complexity index is 548. The first kappa shape index (κ1) is 15.4. The van der Waals surface area contributed by atoms with Crippen molar-refractivity contribution < 1.29 is 23.9 Å². The molecule has 0 fully saturated rings. The highest BCUT2D eigenvalue weighted by Gasteiger charge is 2.20. The molecule has 7 nitrogen and oxygen atoms in total. The van der Waals surface area contributed by atoms with Gasteiger partial charge >= 0.3 is 12.0 Å². The predicted molar refractivity (Wildman–Crippen MR) is 68.8 cm³/mol. The van der Waals surface area contributed by atoms with Crippen LogP contribution in [0.3, 0.4) is 0 Å². The average molecular weight is 283 g/mol. The lowest BCUT2D eigenvalue weighted by Crippen LogP contribution is -2.41. The van der Waals surface area contributed by atoms with Crippen LogP contribution in [0.1, 0.15) is 17.3 Å². The molecule has 1 aromatic carbocycles. The van der Waals surface area contributed by atoms with Gasteiger partial charge in [-0.25, -0.2) is 14.0 Å². The summed E-state index contributed by atoms with van der Waals surface area (Å²) in [5, 5.41) is 11.2. The van der Waals surface area contributed by atoms with E-state index in [1.807, 2.05) is 0 Å². The van der Waals surface area contributed by atoms with Crippen molar-refractivity contribution in [2.24, 2.45) is 5.73 Å². The number of hydrogen-bond acceptors (Lipinski definition) is 3. The Morgan fingerprint density at radius 2 is 2.05 bits per heavy atom. The number of carboxylic acids is 1. The standard InChI is InChI=1S/C12H14FN3O4/c1-2-16(6-9(14)17)12(20)15-8-5-3-4-7(13)10(8)11(18)19/h3-5H,2,6H2,1H3,(H2,14,17)(H,15,20)(H,18,19). The van der Waals surface area contributed by atoms with E-state index in [2.05, 4.69) is 5.32 Å². The molecule has 8 heteroatoms. The number of urea groups is 1. The van der Waals surface area contributed by atoms with Crippen molar-refractivity contribution in [3.63, 3.8) is 0 Å². The number of nitrogens with zero attached hydrogens (tertiary/aromatic N) is 1. The number of rotatable bonds is 5. The first-order chi connectivity index (χ1) is 9.36. The number of amides is 3. The molecular weight excluding hydrogens is 269 g/mol. The number of nitrogens with two attached hydrogens (primary N) is 1. The number of nitrogens with one attached hydrogen (secondary N) is 1. The summed E-state index contributed by atoms with van der Waals surface area (Å²) in [6.07, 6.45) is 0. The fraction of sp³-hybridized carbons (Fsp3) is 0.250. The zero-order chi connectivity index (χ0) is 15.3. The highest BCUT2D eigenvalue weighted by Crippen LogP contribution is 2.19. The minimum atomic E-state index is -1.50. The van der Waals surface area contributed by atoms with E-state index >= 15 is 0 Å². The molecule has 0 unspecified atom stereocenters. The Balaban J connectivity index is 2.98. The molecule has 1 rings (SSSR count). The third-order valence-corrected chi connectivity index (χ3v) is 2.48. The molecule has 0 bridgehead atoms. The third-order valence-electron chi connectivity index (χ3n) is 2.48. The Labute approximate surface area is 114 Å². The third kappa shape index (κ3) is 3.67. The van der Waals surface area contributed by atoms with Crippen molar-refractivity contribution in [1.29, 1.82) is 0 Å². The molecule has 0 aliphatic heterocycles. The van der Waals surface area contributed by atoms with Crippen molar-refractivity contribution in [2.45, 2.75) is 6.92 Å². The van der Waals surface area contributed by atoms with Crippen molar-refractivity contribution >= 4 is 23.6 Å². The van der Waals surface area contributed by atoms with Gasteiger partial charge in [0, 0.05) is 6.54 Å². The van der Waals surface area contributed by atoms with Crippen LogP contribution in [0.4, 0.5) is 14.9 Å². The number of carboxylic acid groups (broad SMARTS) is 1. The van der Waals surface area contributed by atoms with Crippen LogP contribution >= 0.6 is 0 Å². The van der Waals surface area contributed by atoms with Gasteiger partial charge in [-0.1, -0.05) is 6.07 Å². The van der Waals surface area contributed by atoms with Crippen molar-refractivity contribution in [3.05, 3.63) is 29.6 Å². The van der Waals surface area contributed by atoms with Gasteiger partial charge in [0.15, 0.2) is 0 Å². The number of carbonyl (C=O) groups is 3. The van der Waals surface area contributed by atoms with E-state index in [1.165, 1.54) is 12.1 Å². The van der Waals surface area contributed by atoms with Gasteiger partial charge < -0.3 is 21.1 Å². The van der Waals surface area contributed by atoms with Crippen LogP contribution in [-0.2, 0) is 4.79 Å². The summed E-state index contributed by atoms with van der Waals surface area (Å²) in [5.74, 6) is -3.18. The molecule has 0 saturated carbocycles. The van der Waals surface area contributed by atoms with E-state index in [0.29, 0.717) is 0 Å². The van der Waals surface area contributed by atoms with E-state index < -0.39 is 29.3 Å². The lowest BCUT2D eigenvalue weighted by molar-refractivity contribution is -0.118. The lowest BCUT2D eigenvalue weighted by Gasteiger charge is -2.20. The van der Waals surface area contributed by atoms with E-state index in [1.54, 1.807) is 6.92 Å². The first-order valence-electron chi connectivity index (χ1n) is 5.72. The van der Waals surface area contributed by atoms with Crippen LogP contribution in [0.5, 0.6) is 0 Å². The van der Waals surface area contributed by atoms with Gasteiger partial charge in [0.2, 0.25) is 5.91 Å². The Morgan fingerprint density at radius 1 is 1.40 bits per heavy atom. The number of hydrogen-bond donors (Lipinski definition) is 3. The van der Waals surface area contributed by atoms with Gasteiger partial charge in [0.25, 0.3) is 0 Å². The molecule has 20 heavy (non-hydrogen) atoms. The summed E-state index contributed by atoms with van der Waals surface area (Å²) in [5.41, 5.74) is 4.16. The van der Waals surface area contributed by atoms with E-state index in [0.717, 1.165) is 11.0 Å². The minimum Gasteiger partial charge on any atom is -0.478 e. The van der Waals surface area contributed by atoms with Gasteiger partial charge in [0.1, 0.15) is 17.9 Å². The second-order valence-electron chi connectivity index (χ2n) is 3.88. The zero-order valence-corrected chi connectivity index (χ0v) is 10.7. The van der Waals surface area contributed by atoms with Gasteiger partial charge in [-0.15, -0.1) is 0 Å². The molecule has 1 aromatic rings. The zero-order valence-electron chi connectivity index (χ0n) is 10.7. The highest BCUT2D eigenvalue weighted by molar-refractivity contribution is 6.00. The number of halogens is 1. The summed E-state index contributed by atoms with van der Waals surface area (Å²) in [4.78, 5) is 34.7. The number of likely N-dealkylation sites (N-methyl/N-ethyl adjacent to an activating group) is 1. The number of benzene rings is 1. The van der Waals surface area contributed by atoms with Crippen LogP contribution in [0, 0.1) is 5.82 Å². The maximum Gasteiger partial charge on any atom is 0.340 e. The molecule has 0 aliphatic carbocycles. The SMILES string of the molecule is CCN(CC(N)=O)C(=O)Nc1cccc(F)c1C(=O)O. The molecule has 0 heterocycles. The maximum absolute atomic E-state index is 13.4. The second kappa shape index (κ2) is 6.50. The number of anilines is 1. The molecule has 0 atom stereocenters. The second-order valence-corrected chi connectivity index (χ2v) is 3.88. The first-order valence-corrected chi connectivity index (χ1v) is 5.72. The molecule has 0 aliphatic rings. The Morgan fingerprint density at radius 3 is 2.55 bits per heavy atom. The van der Waals surface area contributed by atoms with Gasteiger partial charge in [0.05, 0.1) is 5.69 Å². The van der Waals surface area contributed by atoms with Crippen molar-refractivity contribution in [1.82, 2.24) is 4.90 Å². The van der Waals surface area contributed by atoms with Crippen LogP contribution in [0.15, 0.2) is 18.2 Å². The topological polar surface area (TPSA) is 113 Å². The van der Waals surface area contributed by atoms with E-state index in [-0.39, 0.29) is 18.8 Å². The van der Waals surface area contributed by atoms with Gasteiger partial charge in [-0.2, -0.15) is 0 Å². The van der Waals surface area contributed by atoms with Crippen LogP contribution in [0.2, 0.25) is 0 Å². The molecular formula is C12H14FN3O4. The summed E-state index contributed by atoms with van der Waals surface area (Å²) < 4.78 is 13.4. The van der Waals surface area contributed by atoms with Gasteiger partial charge in [-0.3, -0.25) is 4.79 Å². The normalized spacial score (nSPS) is 9.90. The molecule has 0 saturated heterocycles. The number of primary amides is 1. The average Bonchev–Trinajstić information content (AvgIpc) is 2.35. The number of carbonyl (C=O) groups excluding carboxylic acids is 2. The molecule has 108 valence electrons. The largest absolute Gasteiger partial charge is 0.478 e. The summed E-state index contributed by atoms with van der Waals surface area (Å²) in [6, 6.07) is 2.75. The van der Waals surface area contributed by atoms with E-state index in [9.17, 15) is 18.8 Å². The molecule has 0 aromatic heterocycles. The number of aromatic carboxylic acids is 1. The van der Waals surface area contributed by atoms with E-state index in [4.69, 9.17) is 10.8 Å². The maximum atomic E-state index is 13.4.